The Labute approximate surface area is 88.1 Å². The Hall–Kier alpha value is -1.33. The molecule has 1 amide bonds. The van der Waals surface area contributed by atoms with Gasteiger partial charge in [0.1, 0.15) is 6.61 Å². The molecule has 1 aliphatic carbocycles. The smallest absolute Gasteiger partial charge is 0.406 e. The maximum atomic E-state index is 10.8. The van der Waals surface area contributed by atoms with Crippen LogP contribution in [0.1, 0.15) is 25.7 Å². The molecule has 2 unspecified atom stereocenters. The number of ether oxygens (including phenoxy) is 1. The van der Waals surface area contributed by atoms with Crippen molar-refractivity contribution in [1.82, 2.24) is 5.32 Å². The molecule has 1 N–H and O–H groups in total. The molecule has 15 heavy (non-hydrogen) atoms. The van der Waals surface area contributed by atoms with E-state index < -0.39 is 12.1 Å². The monoisotopic (exact) mass is 216 g/mol. The number of alkyl carbamates (subject to hydrolysis) is 1. The van der Waals surface area contributed by atoms with E-state index in [4.69, 9.17) is 4.74 Å². The largest absolute Gasteiger partial charge is 0.449 e. The quantitative estimate of drug-likeness (QED) is 0.567. The van der Waals surface area contributed by atoms with Crippen molar-refractivity contribution in [1.29, 1.82) is 0 Å². The number of carbonyl (C=O) groups excluding carboxylic acids is 1. The molecular formula is C9H16N2O4. The molecule has 0 spiro atoms. The van der Waals surface area contributed by atoms with Crippen molar-refractivity contribution in [3.8, 4) is 0 Å². The lowest BCUT2D eigenvalue weighted by Gasteiger charge is -2.24. The number of nitrogens with zero attached hydrogens (tertiary/aromatic N) is 1. The van der Waals surface area contributed by atoms with Crippen LogP contribution in [-0.4, -0.2) is 30.7 Å². The summed E-state index contributed by atoms with van der Waals surface area (Å²) < 4.78 is 4.86. The van der Waals surface area contributed by atoms with E-state index in [0.29, 0.717) is 6.42 Å². The average molecular weight is 216 g/mol. The summed E-state index contributed by atoms with van der Waals surface area (Å²) in [5.41, 5.74) is 0. The first-order valence-electron chi connectivity index (χ1n) is 5.13. The van der Waals surface area contributed by atoms with Crippen molar-refractivity contribution in [2.75, 3.05) is 13.7 Å². The summed E-state index contributed by atoms with van der Waals surface area (Å²) in [5.74, 6) is -0.133. The van der Waals surface area contributed by atoms with E-state index in [2.05, 4.69) is 5.32 Å². The van der Waals surface area contributed by atoms with Crippen LogP contribution in [0.2, 0.25) is 0 Å². The molecule has 0 heterocycles. The minimum atomic E-state index is -0.552. The maximum Gasteiger partial charge on any atom is 0.406 e. The molecular weight excluding hydrogens is 200 g/mol. The second-order valence-electron chi connectivity index (χ2n) is 3.75. The number of nitro groups is 1. The summed E-state index contributed by atoms with van der Waals surface area (Å²) in [7, 11) is 1.47. The number of amides is 1. The minimum Gasteiger partial charge on any atom is -0.449 e. The molecule has 1 rings (SSSR count). The van der Waals surface area contributed by atoms with Gasteiger partial charge in [-0.1, -0.05) is 6.42 Å². The molecule has 6 heteroatoms. The summed E-state index contributed by atoms with van der Waals surface area (Å²) in [4.78, 5) is 21.3. The van der Waals surface area contributed by atoms with Crippen LogP contribution in [0, 0.1) is 16.0 Å². The van der Waals surface area contributed by atoms with Crippen LogP contribution in [0.25, 0.3) is 0 Å². The van der Waals surface area contributed by atoms with Crippen molar-refractivity contribution in [2.24, 2.45) is 5.92 Å². The van der Waals surface area contributed by atoms with Gasteiger partial charge in [0.25, 0.3) is 0 Å². The Bertz CT molecular complexity index is 244. The van der Waals surface area contributed by atoms with Crippen LogP contribution in [0.3, 0.4) is 0 Å². The number of rotatable bonds is 3. The Morgan fingerprint density at radius 3 is 2.80 bits per heavy atom. The van der Waals surface area contributed by atoms with Gasteiger partial charge in [-0.2, -0.15) is 0 Å². The third kappa shape index (κ3) is 3.38. The van der Waals surface area contributed by atoms with Crippen LogP contribution in [0.15, 0.2) is 0 Å². The molecule has 6 nitrogen and oxygen atoms in total. The second kappa shape index (κ2) is 5.53. The van der Waals surface area contributed by atoms with E-state index in [1.54, 1.807) is 0 Å². The minimum absolute atomic E-state index is 0.133. The van der Waals surface area contributed by atoms with Crippen LogP contribution >= 0.6 is 0 Å². The molecule has 0 saturated heterocycles. The van der Waals surface area contributed by atoms with Crippen LogP contribution in [0.4, 0.5) is 4.79 Å². The fourth-order valence-corrected chi connectivity index (χ4v) is 1.91. The first-order valence-corrected chi connectivity index (χ1v) is 5.13. The summed E-state index contributed by atoms with van der Waals surface area (Å²) in [6.07, 6.45) is 2.70. The van der Waals surface area contributed by atoms with Gasteiger partial charge in [-0.05, 0) is 12.8 Å². The topological polar surface area (TPSA) is 81.5 Å². The highest BCUT2D eigenvalue weighted by Gasteiger charge is 2.34. The first kappa shape index (κ1) is 11.7. The Morgan fingerprint density at radius 2 is 2.20 bits per heavy atom. The number of carbonyl (C=O) groups is 1. The highest BCUT2D eigenvalue weighted by Crippen LogP contribution is 2.26. The highest BCUT2D eigenvalue weighted by atomic mass is 16.6. The van der Waals surface area contributed by atoms with Gasteiger partial charge >= 0.3 is 6.09 Å². The normalized spacial score (nSPS) is 25.7. The summed E-state index contributed by atoms with van der Waals surface area (Å²) >= 11 is 0. The van der Waals surface area contributed by atoms with Crippen LogP contribution in [-0.2, 0) is 4.74 Å². The van der Waals surface area contributed by atoms with E-state index in [1.165, 1.54) is 7.05 Å². The first-order chi connectivity index (χ1) is 7.15. The average Bonchev–Trinajstić information content (AvgIpc) is 2.26. The van der Waals surface area contributed by atoms with Gasteiger partial charge in [0.2, 0.25) is 6.04 Å². The molecule has 2 atom stereocenters. The Balaban J connectivity index is 2.42. The maximum absolute atomic E-state index is 10.8. The second-order valence-corrected chi connectivity index (χ2v) is 3.75. The van der Waals surface area contributed by atoms with Crippen molar-refractivity contribution in [3.63, 3.8) is 0 Å². The molecule has 86 valence electrons. The van der Waals surface area contributed by atoms with Gasteiger partial charge in [-0.15, -0.1) is 0 Å². The fraction of sp³-hybridized carbons (Fsp3) is 0.889. The summed E-state index contributed by atoms with van der Waals surface area (Å²) in [5, 5.41) is 13.0. The zero-order valence-electron chi connectivity index (χ0n) is 8.77. The Kier molecular flexibility index (Phi) is 4.33. The van der Waals surface area contributed by atoms with Crippen LogP contribution in [0.5, 0.6) is 0 Å². The van der Waals surface area contributed by atoms with Crippen molar-refractivity contribution >= 4 is 6.09 Å². The van der Waals surface area contributed by atoms with Gasteiger partial charge in [0, 0.05) is 18.4 Å². The number of hydrogen-bond donors (Lipinski definition) is 1. The number of nitrogens with one attached hydrogen (secondary N) is 1. The van der Waals surface area contributed by atoms with Crippen molar-refractivity contribution < 1.29 is 14.5 Å². The van der Waals surface area contributed by atoms with Crippen molar-refractivity contribution in [2.45, 2.75) is 31.7 Å². The predicted molar refractivity (Wildman–Crippen MR) is 53.1 cm³/mol. The zero-order valence-corrected chi connectivity index (χ0v) is 8.77. The highest BCUT2D eigenvalue weighted by molar-refractivity contribution is 5.66. The lowest BCUT2D eigenvalue weighted by molar-refractivity contribution is -0.536. The van der Waals surface area contributed by atoms with E-state index in [-0.39, 0.29) is 17.4 Å². The third-order valence-electron chi connectivity index (χ3n) is 2.77. The Morgan fingerprint density at radius 1 is 1.53 bits per heavy atom. The van der Waals surface area contributed by atoms with Gasteiger partial charge in [0.05, 0.1) is 5.92 Å². The number of hydrogen-bond acceptors (Lipinski definition) is 4. The third-order valence-corrected chi connectivity index (χ3v) is 2.77. The predicted octanol–water partition coefficient (Wildman–Crippen LogP) is 1.18. The molecule has 1 fully saturated rings. The molecule has 0 aromatic carbocycles. The molecule has 0 aliphatic heterocycles. The van der Waals surface area contributed by atoms with E-state index in [9.17, 15) is 14.9 Å². The molecule has 0 bridgehead atoms. The van der Waals surface area contributed by atoms with E-state index in [0.717, 1.165) is 19.3 Å². The lowest BCUT2D eigenvalue weighted by Crippen LogP contribution is -2.36. The van der Waals surface area contributed by atoms with Gasteiger partial charge in [0.15, 0.2) is 0 Å². The van der Waals surface area contributed by atoms with Gasteiger partial charge in [-0.3, -0.25) is 10.1 Å². The standard InChI is InChI=1S/C9H16N2O4/c1-10-9(12)15-6-7-4-2-3-5-8(7)11(13)14/h7-8H,2-6H2,1H3,(H,10,12). The van der Waals surface area contributed by atoms with E-state index >= 15 is 0 Å². The van der Waals surface area contributed by atoms with Gasteiger partial charge in [-0.25, -0.2) is 4.79 Å². The molecule has 0 radical (unpaired) electrons. The SMILES string of the molecule is CNC(=O)OCC1CCCCC1[N+](=O)[O-]. The molecule has 0 aromatic heterocycles. The fourth-order valence-electron chi connectivity index (χ4n) is 1.91. The zero-order chi connectivity index (χ0) is 11.3. The summed E-state index contributed by atoms with van der Waals surface area (Å²) in [6, 6.07) is -0.552. The molecule has 1 saturated carbocycles. The molecule has 1 aliphatic rings. The summed E-state index contributed by atoms with van der Waals surface area (Å²) in [6.45, 7) is 0.144. The van der Waals surface area contributed by atoms with Crippen LogP contribution < -0.4 is 5.32 Å². The van der Waals surface area contributed by atoms with E-state index in [1.807, 2.05) is 0 Å². The van der Waals surface area contributed by atoms with Crippen molar-refractivity contribution in [3.05, 3.63) is 10.1 Å². The molecule has 0 aromatic rings. The van der Waals surface area contributed by atoms with Gasteiger partial charge < -0.3 is 10.1 Å². The lowest BCUT2D eigenvalue weighted by atomic mass is 9.85.